The van der Waals surface area contributed by atoms with Crippen molar-refractivity contribution in [3.8, 4) is 0 Å². The fourth-order valence-electron chi connectivity index (χ4n) is 2.05. The maximum absolute atomic E-state index is 11.7. The van der Waals surface area contributed by atoms with Crippen LogP contribution in [0.4, 0.5) is 0 Å². The molecule has 1 heterocycles. The molecule has 0 bridgehead atoms. The van der Waals surface area contributed by atoms with Gasteiger partial charge in [-0.2, -0.15) is 0 Å². The van der Waals surface area contributed by atoms with Crippen LogP contribution in [0.5, 0.6) is 0 Å². The number of furan rings is 1. The molecule has 1 atom stereocenters. The highest BCUT2D eigenvalue weighted by Gasteiger charge is 2.27. The van der Waals surface area contributed by atoms with Crippen LogP contribution in [-0.2, 0) is 9.53 Å². The zero-order valence-electron chi connectivity index (χ0n) is 10.5. The lowest BCUT2D eigenvalue weighted by molar-refractivity contribution is -0.141. The fraction of sp³-hybridized carbons (Fsp3) is 0.286. The van der Waals surface area contributed by atoms with Crippen LogP contribution in [0.3, 0.4) is 0 Å². The number of hydrogen-bond donors (Lipinski definition) is 0. The first-order valence-corrected chi connectivity index (χ1v) is 5.66. The molecule has 4 nitrogen and oxygen atoms in total. The molecule has 94 valence electrons. The van der Waals surface area contributed by atoms with E-state index < -0.39 is 5.92 Å². The van der Waals surface area contributed by atoms with E-state index in [2.05, 4.69) is 0 Å². The highest BCUT2D eigenvalue weighted by atomic mass is 16.5. The lowest BCUT2D eigenvalue weighted by Gasteiger charge is -2.08. The average Bonchev–Trinajstić information content (AvgIpc) is 2.76. The Morgan fingerprint density at radius 3 is 2.56 bits per heavy atom. The monoisotopic (exact) mass is 246 g/mol. The summed E-state index contributed by atoms with van der Waals surface area (Å²) < 4.78 is 10.2. The number of rotatable bonds is 3. The summed E-state index contributed by atoms with van der Waals surface area (Å²) in [6.45, 7) is 3.13. The van der Waals surface area contributed by atoms with Gasteiger partial charge in [0.2, 0.25) is 0 Å². The molecule has 2 aromatic rings. The van der Waals surface area contributed by atoms with Crippen molar-refractivity contribution in [2.75, 3.05) is 7.11 Å². The molecule has 4 heteroatoms. The summed E-state index contributed by atoms with van der Waals surface area (Å²) in [6.07, 6.45) is 0. The predicted molar refractivity (Wildman–Crippen MR) is 66.6 cm³/mol. The van der Waals surface area contributed by atoms with E-state index in [0.717, 1.165) is 5.39 Å². The van der Waals surface area contributed by atoms with E-state index in [9.17, 15) is 9.59 Å². The van der Waals surface area contributed by atoms with Gasteiger partial charge in [0.05, 0.1) is 13.0 Å². The number of para-hydroxylation sites is 1. The molecule has 18 heavy (non-hydrogen) atoms. The van der Waals surface area contributed by atoms with Crippen LogP contribution in [0.2, 0.25) is 0 Å². The molecule has 1 unspecified atom stereocenters. The third-order valence-corrected chi connectivity index (χ3v) is 2.94. The van der Waals surface area contributed by atoms with Crippen molar-refractivity contribution < 1.29 is 18.7 Å². The minimum absolute atomic E-state index is 0.197. The summed E-state index contributed by atoms with van der Waals surface area (Å²) in [5, 5.41) is 0.778. The largest absolute Gasteiger partial charge is 0.469 e. The molecule has 0 amide bonds. The van der Waals surface area contributed by atoms with Gasteiger partial charge in [-0.25, -0.2) is 0 Å². The Kier molecular flexibility index (Phi) is 3.19. The molecule has 0 N–H and O–H groups in total. The quantitative estimate of drug-likeness (QED) is 0.617. The topological polar surface area (TPSA) is 56.5 Å². The van der Waals surface area contributed by atoms with Gasteiger partial charge in [0, 0.05) is 17.9 Å². The number of ether oxygens (including phenoxy) is 1. The lowest BCUT2D eigenvalue weighted by atomic mass is 9.96. The molecule has 0 aliphatic carbocycles. The Labute approximate surface area is 105 Å². The number of carbonyl (C=O) groups excluding carboxylic acids is 2. The zero-order valence-corrected chi connectivity index (χ0v) is 10.5. The second-order valence-electron chi connectivity index (χ2n) is 4.14. The van der Waals surface area contributed by atoms with Crippen LogP contribution in [0.1, 0.15) is 35.9 Å². The van der Waals surface area contributed by atoms with Gasteiger partial charge >= 0.3 is 5.97 Å². The van der Waals surface area contributed by atoms with E-state index >= 15 is 0 Å². The lowest BCUT2D eigenvalue weighted by Crippen LogP contribution is -2.13. The molecule has 0 aliphatic heterocycles. The van der Waals surface area contributed by atoms with Crippen LogP contribution in [0.15, 0.2) is 28.7 Å². The van der Waals surface area contributed by atoms with Gasteiger partial charge in [-0.3, -0.25) is 9.59 Å². The standard InChI is InChI=1S/C14H14O4/c1-8(14(16)17-3)12-10-6-4-5-7-11(10)18-13(12)9(2)15/h4-8H,1-3H3. The van der Waals surface area contributed by atoms with Gasteiger partial charge in [0.25, 0.3) is 0 Å². The molecular formula is C14H14O4. The van der Waals surface area contributed by atoms with Gasteiger partial charge in [-0.05, 0) is 13.0 Å². The normalized spacial score (nSPS) is 12.4. The van der Waals surface area contributed by atoms with Crippen molar-refractivity contribution in [3.05, 3.63) is 35.6 Å². The number of methoxy groups -OCH3 is 1. The first kappa shape index (κ1) is 12.4. The van der Waals surface area contributed by atoms with Gasteiger partial charge in [-0.15, -0.1) is 0 Å². The summed E-state index contributed by atoms with van der Waals surface area (Å²) in [5.74, 6) is -0.882. The maximum Gasteiger partial charge on any atom is 0.313 e. The number of ketones is 1. The summed E-state index contributed by atoms with van der Waals surface area (Å²) in [4.78, 5) is 23.3. The fourth-order valence-corrected chi connectivity index (χ4v) is 2.05. The Morgan fingerprint density at radius 2 is 1.94 bits per heavy atom. The van der Waals surface area contributed by atoms with Crippen LogP contribution < -0.4 is 0 Å². The van der Waals surface area contributed by atoms with Gasteiger partial charge in [0.15, 0.2) is 11.5 Å². The van der Waals surface area contributed by atoms with Crippen molar-refractivity contribution in [1.29, 1.82) is 0 Å². The highest BCUT2D eigenvalue weighted by Crippen LogP contribution is 2.32. The van der Waals surface area contributed by atoms with Crippen molar-refractivity contribution in [3.63, 3.8) is 0 Å². The predicted octanol–water partition coefficient (Wildman–Crippen LogP) is 2.91. The van der Waals surface area contributed by atoms with Crippen LogP contribution >= 0.6 is 0 Å². The molecule has 1 aromatic heterocycles. The summed E-state index contributed by atoms with van der Waals surface area (Å²) >= 11 is 0. The van der Waals surface area contributed by atoms with Crippen molar-refractivity contribution in [1.82, 2.24) is 0 Å². The van der Waals surface area contributed by atoms with Gasteiger partial charge in [-0.1, -0.05) is 18.2 Å². The molecule has 0 spiro atoms. The van der Waals surface area contributed by atoms with Crippen LogP contribution in [0.25, 0.3) is 11.0 Å². The molecule has 0 saturated carbocycles. The minimum atomic E-state index is -0.530. The molecule has 0 radical (unpaired) electrons. The average molecular weight is 246 g/mol. The van der Waals surface area contributed by atoms with Gasteiger partial charge < -0.3 is 9.15 Å². The number of hydrogen-bond acceptors (Lipinski definition) is 4. The maximum atomic E-state index is 11.7. The van der Waals surface area contributed by atoms with E-state index in [1.54, 1.807) is 13.0 Å². The van der Waals surface area contributed by atoms with E-state index in [-0.39, 0.29) is 17.5 Å². The number of fused-ring (bicyclic) bond motifs is 1. The number of carbonyl (C=O) groups is 2. The Bertz CT molecular complexity index is 609. The summed E-state index contributed by atoms with van der Waals surface area (Å²) in [5.41, 5.74) is 1.21. The zero-order chi connectivity index (χ0) is 13.3. The minimum Gasteiger partial charge on any atom is -0.469 e. The number of benzene rings is 1. The Balaban J connectivity index is 2.69. The number of Topliss-reactive ketones (excluding diaryl/α,β-unsaturated/α-hetero) is 1. The molecular weight excluding hydrogens is 232 g/mol. The SMILES string of the molecule is COC(=O)C(C)c1c(C(C)=O)oc2ccccc12. The smallest absolute Gasteiger partial charge is 0.313 e. The second kappa shape index (κ2) is 4.64. The molecule has 0 saturated heterocycles. The Hall–Kier alpha value is -2.10. The van der Waals surface area contributed by atoms with Crippen LogP contribution in [-0.4, -0.2) is 18.9 Å². The van der Waals surface area contributed by atoms with Crippen molar-refractivity contribution in [2.24, 2.45) is 0 Å². The molecule has 0 fully saturated rings. The molecule has 1 aromatic carbocycles. The van der Waals surface area contributed by atoms with Gasteiger partial charge in [0.1, 0.15) is 5.58 Å². The van der Waals surface area contributed by atoms with E-state index in [4.69, 9.17) is 9.15 Å². The Morgan fingerprint density at radius 1 is 1.28 bits per heavy atom. The third-order valence-electron chi connectivity index (χ3n) is 2.94. The summed E-state index contributed by atoms with van der Waals surface area (Å²) in [6, 6.07) is 7.27. The third kappa shape index (κ3) is 1.90. The highest BCUT2D eigenvalue weighted by molar-refractivity contribution is 6.01. The summed E-state index contributed by atoms with van der Waals surface area (Å²) in [7, 11) is 1.33. The van der Waals surface area contributed by atoms with E-state index in [1.165, 1.54) is 14.0 Å². The molecule has 2 rings (SSSR count). The van der Waals surface area contributed by atoms with Crippen molar-refractivity contribution >= 4 is 22.7 Å². The first-order chi connectivity index (χ1) is 8.56. The molecule has 0 aliphatic rings. The van der Waals surface area contributed by atoms with Crippen molar-refractivity contribution in [2.45, 2.75) is 19.8 Å². The second-order valence-corrected chi connectivity index (χ2v) is 4.14. The van der Waals surface area contributed by atoms with Crippen LogP contribution in [0, 0.1) is 0 Å². The van der Waals surface area contributed by atoms with E-state index in [0.29, 0.717) is 11.1 Å². The van der Waals surface area contributed by atoms with E-state index in [1.807, 2.05) is 18.2 Å². The number of esters is 1. The first-order valence-electron chi connectivity index (χ1n) is 5.66.